The van der Waals surface area contributed by atoms with Crippen LogP contribution in [0, 0.1) is 0 Å². The number of benzene rings is 1. The molecule has 0 bridgehead atoms. The molecule has 3 rings (SSSR count). The van der Waals surface area contributed by atoms with Crippen LogP contribution >= 0.6 is 0 Å². The van der Waals surface area contributed by atoms with Crippen LogP contribution in [0.1, 0.15) is 36.8 Å². The summed E-state index contributed by atoms with van der Waals surface area (Å²) in [4.78, 5) is 13.7. The number of nitrogens with two attached hydrogens (primary N) is 1. The van der Waals surface area contributed by atoms with Gasteiger partial charge in [-0.05, 0) is 43.0 Å². The minimum Gasteiger partial charge on any atom is -0.368 e. The highest BCUT2D eigenvalue weighted by Crippen LogP contribution is 2.32. The third-order valence-corrected chi connectivity index (χ3v) is 4.52. The molecule has 2 aliphatic rings. The zero-order valence-electron chi connectivity index (χ0n) is 11.9. The molecule has 1 aliphatic heterocycles. The molecular formula is C16H23N3O. The van der Waals surface area contributed by atoms with Gasteiger partial charge in [0.2, 0.25) is 5.91 Å². The first kappa shape index (κ1) is 13.4. The molecule has 1 fully saturated rings. The highest BCUT2D eigenvalue weighted by Gasteiger charge is 2.26. The monoisotopic (exact) mass is 273 g/mol. The van der Waals surface area contributed by atoms with Crippen molar-refractivity contribution in [3.8, 4) is 0 Å². The van der Waals surface area contributed by atoms with Gasteiger partial charge in [0.15, 0.2) is 0 Å². The molecule has 0 spiro atoms. The molecule has 0 radical (unpaired) electrons. The van der Waals surface area contributed by atoms with Crippen molar-refractivity contribution in [1.82, 2.24) is 5.32 Å². The van der Waals surface area contributed by atoms with Crippen LogP contribution in [0.25, 0.3) is 0 Å². The topological polar surface area (TPSA) is 58.4 Å². The normalized spacial score (nSPS) is 18.8. The second kappa shape index (κ2) is 5.83. The molecule has 4 heteroatoms. The van der Waals surface area contributed by atoms with E-state index in [4.69, 9.17) is 5.73 Å². The van der Waals surface area contributed by atoms with Crippen molar-refractivity contribution in [2.45, 2.75) is 44.7 Å². The Hall–Kier alpha value is -1.55. The summed E-state index contributed by atoms with van der Waals surface area (Å²) >= 11 is 0. The Bertz CT molecular complexity index is 494. The quantitative estimate of drug-likeness (QED) is 0.875. The van der Waals surface area contributed by atoms with E-state index >= 15 is 0 Å². The lowest BCUT2D eigenvalue weighted by Gasteiger charge is -2.33. The number of carbonyl (C=O) groups is 1. The lowest BCUT2D eigenvalue weighted by Crippen LogP contribution is -2.41. The van der Waals surface area contributed by atoms with Gasteiger partial charge in [0.05, 0.1) is 6.54 Å². The molecule has 1 heterocycles. The van der Waals surface area contributed by atoms with Crippen molar-refractivity contribution in [3.63, 3.8) is 0 Å². The van der Waals surface area contributed by atoms with Crippen LogP contribution in [0.15, 0.2) is 18.2 Å². The Morgan fingerprint density at radius 2 is 2.15 bits per heavy atom. The first-order valence-corrected chi connectivity index (χ1v) is 7.62. The van der Waals surface area contributed by atoms with Gasteiger partial charge in [0.25, 0.3) is 0 Å². The van der Waals surface area contributed by atoms with Crippen molar-refractivity contribution >= 4 is 11.6 Å². The number of anilines is 1. The van der Waals surface area contributed by atoms with Gasteiger partial charge < -0.3 is 16.0 Å². The number of hydrogen-bond acceptors (Lipinski definition) is 3. The minimum absolute atomic E-state index is 0.238. The van der Waals surface area contributed by atoms with E-state index in [1.54, 1.807) is 0 Å². The zero-order valence-corrected chi connectivity index (χ0v) is 11.9. The van der Waals surface area contributed by atoms with Crippen molar-refractivity contribution in [2.24, 2.45) is 5.73 Å². The van der Waals surface area contributed by atoms with E-state index in [1.807, 2.05) is 0 Å². The molecule has 108 valence electrons. The number of nitrogens with one attached hydrogen (secondary N) is 1. The van der Waals surface area contributed by atoms with E-state index in [9.17, 15) is 4.79 Å². The van der Waals surface area contributed by atoms with Gasteiger partial charge in [-0.1, -0.05) is 25.0 Å². The van der Waals surface area contributed by atoms with Crippen LogP contribution < -0.4 is 16.0 Å². The molecule has 1 amide bonds. The van der Waals surface area contributed by atoms with Crippen molar-refractivity contribution in [3.05, 3.63) is 29.3 Å². The molecule has 1 aliphatic carbocycles. The Morgan fingerprint density at radius 1 is 1.35 bits per heavy atom. The smallest absolute Gasteiger partial charge is 0.236 e. The van der Waals surface area contributed by atoms with Crippen molar-refractivity contribution in [2.75, 3.05) is 18.0 Å². The molecule has 3 N–H and O–H groups in total. The van der Waals surface area contributed by atoms with E-state index in [-0.39, 0.29) is 5.91 Å². The lowest BCUT2D eigenvalue weighted by molar-refractivity contribution is -0.116. The molecule has 20 heavy (non-hydrogen) atoms. The lowest BCUT2D eigenvalue weighted by atomic mass is 9.97. The molecule has 1 saturated carbocycles. The third kappa shape index (κ3) is 2.66. The van der Waals surface area contributed by atoms with Gasteiger partial charge in [-0.15, -0.1) is 0 Å². The molecule has 0 unspecified atom stereocenters. The second-order valence-corrected chi connectivity index (χ2v) is 5.87. The van der Waals surface area contributed by atoms with Gasteiger partial charge in [0, 0.05) is 18.3 Å². The van der Waals surface area contributed by atoms with Gasteiger partial charge in [0.1, 0.15) is 0 Å². The van der Waals surface area contributed by atoms with Crippen LogP contribution in [-0.2, 0) is 17.8 Å². The first-order valence-electron chi connectivity index (χ1n) is 7.62. The first-order chi connectivity index (χ1) is 9.75. The van der Waals surface area contributed by atoms with Crippen LogP contribution in [0.3, 0.4) is 0 Å². The number of hydrogen-bond donors (Lipinski definition) is 2. The summed E-state index contributed by atoms with van der Waals surface area (Å²) in [6, 6.07) is 6.93. The molecule has 0 saturated heterocycles. The maximum atomic E-state index is 11.5. The number of primary amides is 1. The van der Waals surface area contributed by atoms with Crippen LogP contribution in [0.4, 0.5) is 5.69 Å². The Balaban J connectivity index is 1.95. The summed E-state index contributed by atoms with van der Waals surface area (Å²) in [6.07, 6.45) is 5.92. The summed E-state index contributed by atoms with van der Waals surface area (Å²) in [5.74, 6) is -0.238. The zero-order chi connectivity index (χ0) is 13.9. The van der Waals surface area contributed by atoms with Crippen molar-refractivity contribution < 1.29 is 4.79 Å². The van der Waals surface area contributed by atoms with E-state index in [0.717, 1.165) is 19.5 Å². The Kier molecular flexibility index (Phi) is 3.92. The third-order valence-electron chi connectivity index (χ3n) is 4.52. The van der Waals surface area contributed by atoms with Crippen LogP contribution in [0.2, 0.25) is 0 Å². The van der Waals surface area contributed by atoms with E-state index in [2.05, 4.69) is 28.4 Å². The van der Waals surface area contributed by atoms with Crippen molar-refractivity contribution in [1.29, 1.82) is 0 Å². The summed E-state index contributed by atoms with van der Waals surface area (Å²) < 4.78 is 0. The van der Waals surface area contributed by atoms with E-state index in [1.165, 1.54) is 42.5 Å². The fraction of sp³-hybridized carbons (Fsp3) is 0.562. The number of carbonyl (C=O) groups excluding carboxylic acids is 1. The largest absolute Gasteiger partial charge is 0.368 e. The summed E-state index contributed by atoms with van der Waals surface area (Å²) in [7, 11) is 0. The Morgan fingerprint density at radius 3 is 2.90 bits per heavy atom. The van der Waals surface area contributed by atoms with Gasteiger partial charge >= 0.3 is 0 Å². The van der Waals surface area contributed by atoms with Gasteiger partial charge in [-0.25, -0.2) is 0 Å². The number of fused-ring (bicyclic) bond motifs is 1. The summed E-state index contributed by atoms with van der Waals surface area (Å²) in [5, 5.41) is 3.44. The van der Waals surface area contributed by atoms with E-state index in [0.29, 0.717) is 12.6 Å². The van der Waals surface area contributed by atoms with E-state index < -0.39 is 0 Å². The SMILES string of the molecule is NC(=O)CN(c1cccc2c1CNCC2)C1CCCC1. The average Bonchev–Trinajstić information content (AvgIpc) is 2.98. The molecule has 0 aromatic heterocycles. The minimum atomic E-state index is -0.238. The van der Waals surface area contributed by atoms with Gasteiger partial charge in [-0.3, -0.25) is 4.79 Å². The summed E-state index contributed by atoms with van der Waals surface area (Å²) in [5.41, 5.74) is 9.45. The highest BCUT2D eigenvalue weighted by atomic mass is 16.1. The average molecular weight is 273 g/mol. The maximum Gasteiger partial charge on any atom is 0.236 e. The predicted molar refractivity (Wildman–Crippen MR) is 80.6 cm³/mol. The van der Waals surface area contributed by atoms with Gasteiger partial charge in [-0.2, -0.15) is 0 Å². The fourth-order valence-corrected chi connectivity index (χ4v) is 3.56. The molecular weight excluding hydrogens is 250 g/mol. The fourth-order valence-electron chi connectivity index (χ4n) is 3.56. The maximum absolute atomic E-state index is 11.5. The highest BCUT2D eigenvalue weighted by molar-refractivity contribution is 5.80. The van der Waals surface area contributed by atoms with Crippen LogP contribution in [0.5, 0.6) is 0 Å². The standard InChI is InChI=1S/C16H23N3O/c17-16(20)11-19(13-5-1-2-6-13)15-7-3-4-12-8-9-18-10-14(12)15/h3-4,7,13,18H,1-2,5-6,8-11H2,(H2,17,20). The summed E-state index contributed by atoms with van der Waals surface area (Å²) in [6.45, 7) is 2.27. The molecule has 1 aromatic rings. The Labute approximate surface area is 120 Å². The molecule has 1 aromatic carbocycles. The molecule has 0 atom stereocenters. The number of nitrogens with zero attached hydrogens (tertiary/aromatic N) is 1. The second-order valence-electron chi connectivity index (χ2n) is 5.87. The predicted octanol–water partition coefficient (Wildman–Crippen LogP) is 1.57. The van der Waals surface area contributed by atoms with Crippen LogP contribution in [-0.4, -0.2) is 25.0 Å². The number of rotatable bonds is 4. The molecule has 4 nitrogen and oxygen atoms in total. The number of amides is 1.